The highest BCUT2D eigenvalue weighted by atomic mass is 79.9. The van der Waals surface area contributed by atoms with Crippen molar-refractivity contribution in [3.63, 3.8) is 0 Å². The third kappa shape index (κ3) is 3.47. The molecule has 2 nitrogen and oxygen atoms in total. The van der Waals surface area contributed by atoms with Crippen LogP contribution >= 0.6 is 27.5 Å². The molecule has 2 aromatic carbocycles. The molecule has 5 heteroatoms. The van der Waals surface area contributed by atoms with Gasteiger partial charge in [0.25, 0.3) is 0 Å². The molecule has 0 saturated heterocycles. The first kappa shape index (κ1) is 14.3. The minimum absolute atomic E-state index is 0.391. The Morgan fingerprint density at radius 3 is 2.53 bits per heavy atom. The highest BCUT2D eigenvalue weighted by Gasteiger charge is 2.12. The largest absolute Gasteiger partial charge is 0.456 e. The number of aliphatic hydroxyl groups excluding tert-OH is 1. The van der Waals surface area contributed by atoms with E-state index in [2.05, 4.69) is 15.9 Å². The lowest BCUT2D eigenvalue weighted by atomic mass is 10.1. The van der Waals surface area contributed by atoms with Gasteiger partial charge in [-0.25, -0.2) is 4.39 Å². The highest BCUT2D eigenvalue weighted by molar-refractivity contribution is 9.10. The molecule has 2 aromatic rings. The predicted octanol–water partition coefficient (Wildman–Crippen LogP) is 5.09. The molecule has 0 radical (unpaired) electrons. The van der Waals surface area contributed by atoms with Crippen LogP contribution in [0.2, 0.25) is 5.02 Å². The van der Waals surface area contributed by atoms with Crippen molar-refractivity contribution in [2.45, 2.75) is 13.0 Å². The molecule has 100 valence electrons. The summed E-state index contributed by atoms with van der Waals surface area (Å²) in [4.78, 5) is 0. The molecule has 2 rings (SSSR count). The van der Waals surface area contributed by atoms with Crippen LogP contribution in [-0.2, 0) is 0 Å². The normalized spacial score (nSPS) is 12.3. The third-order valence-electron chi connectivity index (χ3n) is 2.54. The Kier molecular flexibility index (Phi) is 4.45. The molecular weight excluding hydrogens is 335 g/mol. The van der Waals surface area contributed by atoms with Crippen molar-refractivity contribution in [1.29, 1.82) is 0 Å². The van der Waals surface area contributed by atoms with Gasteiger partial charge >= 0.3 is 0 Å². The SMILES string of the molecule is C[C@@H](O)c1cc(F)ccc1Oc1ccc(Cl)cc1Br. The van der Waals surface area contributed by atoms with Gasteiger partial charge in [-0.3, -0.25) is 0 Å². The fourth-order valence-corrected chi connectivity index (χ4v) is 2.38. The lowest BCUT2D eigenvalue weighted by molar-refractivity contribution is 0.195. The number of ether oxygens (including phenoxy) is 1. The lowest BCUT2D eigenvalue weighted by Crippen LogP contribution is -1.97. The standard InChI is InChI=1S/C14H11BrClFO2/c1-8(18)11-7-10(17)3-5-13(11)19-14-4-2-9(16)6-12(14)15/h2-8,18H,1H3/t8-/m1/s1. The molecule has 0 aliphatic carbocycles. The number of halogens is 3. The second-order valence-corrected chi connectivity index (χ2v) is 5.33. The highest BCUT2D eigenvalue weighted by Crippen LogP contribution is 2.35. The van der Waals surface area contributed by atoms with E-state index in [9.17, 15) is 9.50 Å². The second kappa shape index (κ2) is 5.90. The monoisotopic (exact) mass is 344 g/mol. The van der Waals surface area contributed by atoms with E-state index in [1.165, 1.54) is 18.2 Å². The molecule has 1 N–H and O–H groups in total. The second-order valence-electron chi connectivity index (χ2n) is 4.03. The lowest BCUT2D eigenvalue weighted by Gasteiger charge is -2.14. The van der Waals surface area contributed by atoms with Crippen molar-refractivity contribution in [1.82, 2.24) is 0 Å². The Hall–Kier alpha value is -1.10. The Bertz CT molecular complexity index is 602. The van der Waals surface area contributed by atoms with Gasteiger partial charge in [-0.15, -0.1) is 0 Å². The van der Waals surface area contributed by atoms with E-state index in [1.807, 2.05) is 0 Å². The molecule has 0 heterocycles. The zero-order valence-corrected chi connectivity index (χ0v) is 12.4. The molecular formula is C14H11BrClFO2. The van der Waals surface area contributed by atoms with E-state index in [0.717, 1.165) is 0 Å². The number of hydrogen-bond donors (Lipinski definition) is 1. The van der Waals surface area contributed by atoms with Gasteiger partial charge < -0.3 is 9.84 Å². The average Bonchev–Trinajstić information content (AvgIpc) is 2.34. The van der Waals surface area contributed by atoms with Gasteiger partial charge in [0.1, 0.15) is 17.3 Å². The van der Waals surface area contributed by atoms with Crippen LogP contribution in [0.15, 0.2) is 40.9 Å². The fourth-order valence-electron chi connectivity index (χ4n) is 1.62. The van der Waals surface area contributed by atoms with Crippen LogP contribution in [0.4, 0.5) is 4.39 Å². The van der Waals surface area contributed by atoms with Crippen LogP contribution in [0.5, 0.6) is 11.5 Å². The van der Waals surface area contributed by atoms with Crippen molar-refractivity contribution < 1.29 is 14.2 Å². The van der Waals surface area contributed by atoms with Crippen LogP contribution in [0, 0.1) is 5.82 Å². The first-order valence-electron chi connectivity index (χ1n) is 5.58. The van der Waals surface area contributed by atoms with E-state index in [0.29, 0.717) is 26.6 Å². The van der Waals surface area contributed by atoms with Crippen LogP contribution in [-0.4, -0.2) is 5.11 Å². The van der Waals surface area contributed by atoms with Crippen LogP contribution in [0.25, 0.3) is 0 Å². The number of aliphatic hydroxyl groups is 1. The van der Waals surface area contributed by atoms with Crippen LogP contribution in [0.1, 0.15) is 18.6 Å². The van der Waals surface area contributed by atoms with Gasteiger partial charge in [-0.2, -0.15) is 0 Å². The smallest absolute Gasteiger partial charge is 0.141 e. The maximum atomic E-state index is 13.2. The molecule has 0 spiro atoms. The van der Waals surface area contributed by atoms with Gasteiger partial charge in [-0.1, -0.05) is 11.6 Å². The molecule has 0 aliphatic rings. The minimum atomic E-state index is -0.822. The third-order valence-corrected chi connectivity index (χ3v) is 3.39. The van der Waals surface area contributed by atoms with Crippen LogP contribution in [0.3, 0.4) is 0 Å². The van der Waals surface area contributed by atoms with Gasteiger partial charge in [0.15, 0.2) is 0 Å². The Morgan fingerprint density at radius 1 is 1.21 bits per heavy atom. The van der Waals surface area contributed by atoms with E-state index >= 15 is 0 Å². The summed E-state index contributed by atoms with van der Waals surface area (Å²) in [6.07, 6.45) is -0.822. The summed E-state index contributed by atoms with van der Waals surface area (Å²) in [5.41, 5.74) is 0.391. The van der Waals surface area contributed by atoms with Crippen LogP contribution < -0.4 is 4.74 Å². The molecule has 0 saturated carbocycles. The van der Waals surface area contributed by atoms with E-state index < -0.39 is 11.9 Å². The van der Waals surface area contributed by atoms with E-state index in [4.69, 9.17) is 16.3 Å². The molecule has 0 aromatic heterocycles. The summed E-state index contributed by atoms with van der Waals surface area (Å²) in [5.74, 6) is 0.524. The van der Waals surface area contributed by atoms with Crippen molar-refractivity contribution in [3.05, 3.63) is 57.3 Å². The summed E-state index contributed by atoms with van der Waals surface area (Å²) >= 11 is 9.18. The summed E-state index contributed by atoms with van der Waals surface area (Å²) in [5, 5.41) is 10.2. The summed E-state index contributed by atoms with van der Waals surface area (Å²) < 4.78 is 19.5. The van der Waals surface area contributed by atoms with Crippen molar-refractivity contribution in [2.24, 2.45) is 0 Å². The minimum Gasteiger partial charge on any atom is -0.456 e. The molecule has 1 atom stereocenters. The Morgan fingerprint density at radius 2 is 1.89 bits per heavy atom. The van der Waals surface area contributed by atoms with Gasteiger partial charge in [-0.05, 0) is 59.3 Å². The topological polar surface area (TPSA) is 29.5 Å². The van der Waals surface area contributed by atoms with Gasteiger partial charge in [0, 0.05) is 10.6 Å². The van der Waals surface area contributed by atoms with Gasteiger partial charge in [0.2, 0.25) is 0 Å². The van der Waals surface area contributed by atoms with Crippen molar-refractivity contribution in [3.8, 4) is 11.5 Å². The van der Waals surface area contributed by atoms with E-state index in [-0.39, 0.29) is 0 Å². The molecule has 0 unspecified atom stereocenters. The first-order chi connectivity index (χ1) is 8.97. The first-order valence-corrected chi connectivity index (χ1v) is 6.75. The average molecular weight is 346 g/mol. The quantitative estimate of drug-likeness (QED) is 0.840. The van der Waals surface area contributed by atoms with Crippen molar-refractivity contribution >= 4 is 27.5 Å². The molecule has 19 heavy (non-hydrogen) atoms. The number of rotatable bonds is 3. The van der Waals surface area contributed by atoms with Crippen molar-refractivity contribution in [2.75, 3.05) is 0 Å². The Balaban J connectivity index is 2.38. The van der Waals surface area contributed by atoms with E-state index in [1.54, 1.807) is 25.1 Å². The fraction of sp³-hybridized carbons (Fsp3) is 0.143. The number of benzene rings is 2. The maximum absolute atomic E-state index is 13.2. The molecule has 0 amide bonds. The molecule has 0 fully saturated rings. The Labute approximate surface area is 123 Å². The molecule has 0 bridgehead atoms. The molecule has 0 aliphatic heterocycles. The zero-order chi connectivity index (χ0) is 14.0. The maximum Gasteiger partial charge on any atom is 0.141 e. The summed E-state index contributed by atoms with van der Waals surface area (Å²) in [7, 11) is 0. The van der Waals surface area contributed by atoms with Gasteiger partial charge in [0.05, 0.1) is 10.6 Å². The summed E-state index contributed by atoms with van der Waals surface area (Å²) in [6.45, 7) is 1.55. The zero-order valence-electron chi connectivity index (χ0n) is 10.0. The number of hydrogen-bond acceptors (Lipinski definition) is 2. The summed E-state index contributed by atoms with van der Waals surface area (Å²) in [6, 6.07) is 9.10. The predicted molar refractivity (Wildman–Crippen MR) is 76.3 cm³/mol.